The van der Waals surface area contributed by atoms with Crippen LogP contribution in [-0.2, 0) is 11.2 Å². The van der Waals surface area contributed by atoms with Crippen LogP contribution in [0, 0.1) is 11.8 Å². The zero-order chi connectivity index (χ0) is 14.1. The number of hydrogen-bond donors (Lipinski definition) is 2. The van der Waals surface area contributed by atoms with Gasteiger partial charge in [0.25, 0.3) is 0 Å². The monoisotopic (exact) mass is 273 g/mol. The second-order valence-corrected chi connectivity index (χ2v) is 6.20. The van der Waals surface area contributed by atoms with Crippen LogP contribution >= 0.6 is 0 Å². The molecule has 4 unspecified atom stereocenters. The normalized spacial score (nSPS) is 30.3. The maximum absolute atomic E-state index is 12.4. The minimum absolute atomic E-state index is 0.0791. The lowest BCUT2D eigenvalue weighted by Crippen LogP contribution is -2.44. The van der Waals surface area contributed by atoms with E-state index in [1.807, 2.05) is 35.2 Å². The van der Waals surface area contributed by atoms with E-state index in [0.717, 1.165) is 31.5 Å². The molecule has 4 N–H and O–H groups in total. The Morgan fingerprint density at radius 1 is 1.25 bits per heavy atom. The number of benzene rings is 1. The first kappa shape index (κ1) is 13.6. The number of nitrogens with zero attached hydrogens (tertiary/aromatic N) is 1. The van der Waals surface area contributed by atoms with E-state index in [4.69, 9.17) is 11.5 Å². The lowest BCUT2D eigenvalue weighted by molar-refractivity contribution is -0.131. The van der Waals surface area contributed by atoms with Gasteiger partial charge in [0.1, 0.15) is 0 Å². The smallest absolute Gasteiger partial charge is 0.239 e. The molecule has 0 spiro atoms. The molecule has 4 nitrogen and oxygen atoms in total. The zero-order valence-corrected chi connectivity index (χ0v) is 11.7. The van der Waals surface area contributed by atoms with E-state index in [0.29, 0.717) is 18.3 Å². The van der Waals surface area contributed by atoms with Crippen LogP contribution in [0.25, 0.3) is 0 Å². The average molecular weight is 273 g/mol. The van der Waals surface area contributed by atoms with Gasteiger partial charge in [-0.2, -0.15) is 0 Å². The van der Waals surface area contributed by atoms with Gasteiger partial charge in [0.15, 0.2) is 0 Å². The molecule has 4 atom stereocenters. The summed E-state index contributed by atoms with van der Waals surface area (Å²) in [6.45, 7) is 1.65. The number of carbonyl (C=O) groups is 1. The molecular formula is C16H23N3O. The largest absolute Gasteiger partial charge is 0.341 e. The van der Waals surface area contributed by atoms with E-state index in [1.54, 1.807) is 0 Å². The van der Waals surface area contributed by atoms with Crippen molar-refractivity contribution in [2.45, 2.75) is 31.3 Å². The summed E-state index contributed by atoms with van der Waals surface area (Å²) in [4.78, 5) is 14.4. The summed E-state index contributed by atoms with van der Waals surface area (Å²) in [6, 6.07) is 9.79. The Morgan fingerprint density at radius 3 is 2.70 bits per heavy atom. The molecule has 3 rings (SSSR count). The van der Waals surface area contributed by atoms with E-state index in [-0.39, 0.29) is 11.9 Å². The second-order valence-electron chi connectivity index (χ2n) is 6.20. The first-order valence-electron chi connectivity index (χ1n) is 7.49. The third-order valence-electron chi connectivity index (χ3n) is 4.84. The minimum atomic E-state index is -0.438. The Hall–Kier alpha value is -1.39. The van der Waals surface area contributed by atoms with E-state index in [2.05, 4.69) is 0 Å². The molecule has 108 valence electrons. The van der Waals surface area contributed by atoms with Crippen molar-refractivity contribution < 1.29 is 4.79 Å². The van der Waals surface area contributed by atoms with Gasteiger partial charge in [0.05, 0.1) is 6.04 Å². The quantitative estimate of drug-likeness (QED) is 0.853. The molecule has 1 aliphatic carbocycles. The standard InChI is InChI=1S/C16H23N3O/c17-14-7-6-12-9-19(10-13(12)14)16(20)15(18)8-11-4-2-1-3-5-11/h1-5,12-15H,6-10,17-18H2. The fourth-order valence-electron chi connectivity index (χ4n) is 3.68. The van der Waals surface area contributed by atoms with Crippen LogP contribution in [0.5, 0.6) is 0 Å². The number of likely N-dealkylation sites (tertiary alicyclic amines) is 1. The summed E-state index contributed by atoms with van der Waals surface area (Å²) in [5, 5.41) is 0. The lowest BCUT2D eigenvalue weighted by atomic mass is 9.98. The molecule has 1 heterocycles. The van der Waals surface area contributed by atoms with Gasteiger partial charge in [0.2, 0.25) is 5.91 Å². The summed E-state index contributed by atoms with van der Waals surface area (Å²) >= 11 is 0. The maximum atomic E-state index is 12.4. The van der Waals surface area contributed by atoms with E-state index in [9.17, 15) is 4.79 Å². The topological polar surface area (TPSA) is 72.4 Å². The van der Waals surface area contributed by atoms with Gasteiger partial charge in [0, 0.05) is 19.1 Å². The SMILES string of the molecule is NC(Cc1ccccc1)C(=O)N1CC2CCC(N)C2C1. The Bertz CT molecular complexity index is 476. The van der Waals surface area contributed by atoms with Gasteiger partial charge in [-0.25, -0.2) is 0 Å². The van der Waals surface area contributed by atoms with Crippen molar-refractivity contribution in [3.8, 4) is 0 Å². The van der Waals surface area contributed by atoms with Crippen molar-refractivity contribution in [2.75, 3.05) is 13.1 Å². The molecule has 0 aromatic heterocycles. The average Bonchev–Trinajstić information content (AvgIpc) is 3.02. The highest BCUT2D eigenvalue weighted by Crippen LogP contribution is 2.37. The predicted octanol–water partition coefficient (Wildman–Crippen LogP) is 0.752. The number of fused-ring (bicyclic) bond motifs is 1. The molecular weight excluding hydrogens is 250 g/mol. The van der Waals surface area contributed by atoms with Crippen LogP contribution in [0.15, 0.2) is 30.3 Å². The molecule has 0 radical (unpaired) electrons. The summed E-state index contributed by atoms with van der Waals surface area (Å²) in [5.41, 5.74) is 13.3. The Labute approximate surface area is 120 Å². The van der Waals surface area contributed by atoms with Gasteiger partial charge in [-0.3, -0.25) is 4.79 Å². The fourth-order valence-corrected chi connectivity index (χ4v) is 3.68. The fraction of sp³-hybridized carbons (Fsp3) is 0.562. The van der Waals surface area contributed by atoms with E-state index in [1.165, 1.54) is 0 Å². The Morgan fingerprint density at radius 2 is 2.00 bits per heavy atom. The first-order chi connectivity index (χ1) is 9.65. The third-order valence-corrected chi connectivity index (χ3v) is 4.84. The highest BCUT2D eigenvalue weighted by Gasteiger charge is 2.43. The van der Waals surface area contributed by atoms with Gasteiger partial charge in [-0.05, 0) is 36.7 Å². The highest BCUT2D eigenvalue weighted by atomic mass is 16.2. The molecule has 0 bridgehead atoms. The second kappa shape index (κ2) is 5.54. The molecule has 1 aliphatic heterocycles. The maximum Gasteiger partial charge on any atom is 0.239 e. The van der Waals surface area contributed by atoms with Crippen molar-refractivity contribution in [3.63, 3.8) is 0 Å². The lowest BCUT2D eigenvalue weighted by Gasteiger charge is -2.22. The number of hydrogen-bond acceptors (Lipinski definition) is 3. The zero-order valence-electron chi connectivity index (χ0n) is 11.7. The van der Waals surface area contributed by atoms with Crippen LogP contribution in [0.4, 0.5) is 0 Å². The Kier molecular flexibility index (Phi) is 3.76. The number of nitrogens with two attached hydrogens (primary N) is 2. The Balaban J connectivity index is 1.59. The van der Waals surface area contributed by atoms with Crippen molar-refractivity contribution in [1.82, 2.24) is 4.90 Å². The van der Waals surface area contributed by atoms with Crippen LogP contribution in [0.3, 0.4) is 0 Å². The van der Waals surface area contributed by atoms with Gasteiger partial charge in [-0.15, -0.1) is 0 Å². The van der Waals surface area contributed by atoms with Crippen LogP contribution in [0.2, 0.25) is 0 Å². The molecule has 1 saturated heterocycles. The highest BCUT2D eigenvalue weighted by molar-refractivity contribution is 5.82. The van der Waals surface area contributed by atoms with Crippen LogP contribution in [-0.4, -0.2) is 36.0 Å². The molecule has 2 aliphatic rings. The van der Waals surface area contributed by atoms with Crippen molar-refractivity contribution in [1.29, 1.82) is 0 Å². The molecule has 1 aromatic carbocycles. The predicted molar refractivity (Wildman–Crippen MR) is 78.9 cm³/mol. The summed E-state index contributed by atoms with van der Waals surface area (Å²) in [5.74, 6) is 1.16. The molecule has 4 heteroatoms. The van der Waals surface area contributed by atoms with Gasteiger partial charge in [-0.1, -0.05) is 30.3 Å². The van der Waals surface area contributed by atoms with Crippen molar-refractivity contribution in [2.24, 2.45) is 23.3 Å². The van der Waals surface area contributed by atoms with Crippen molar-refractivity contribution in [3.05, 3.63) is 35.9 Å². The van der Waals surface area contributed by atoms with Gasteiger partial charge >= 0.3 is 0 Å². The van der Waals surface area contributed by atoms with Crippen molar-refractivity contribution >= 4 is 5.91 Å². The first-order valence-corrected chi connectivity index (χ1v) is 7.49. The number of rotatable bonds is 3. The van der Waals surface area contributed by atoms with Crippen LogP contribution < -0.4 is 11.5 Å². The third kappa shape index (κ3) is 2.58. The van der Waals surface area contributed by atoms with Crippen LogP contribution in [0.1, 0.15) is 18.4 Å². The molecule has 1 amide bonds. The molecule has 1 saturated carbocycles. The summed E-state index contributed by atoms with van der Waals surface area (Å²) < 4.78 is 0. The minimum Gasteiger partial charge on any atom is -0.341 e. The number of carbonyl (C=O) groups excluding carboxylic acids is 1. The number of amides is 1. The van der Waals surface area contributed by atoms with Gasteiger partial charge < -0.3 is 16.4 Å². The summed E-state index contributed by atoms with van der Waals surface area (Å²) in [7, 11) is 0. The van der Waals surface area contributed by atoms with E-state index >= 15 is 0 Å². The molecule has 1 aromatic rings. The molecule has 20 heavy (non-hydrogen) atoms. The molecule has 2 fully saturated rings. The summed E-state index contributed by atoms with van der Waals surface area (Å²) in [6.07, 6.45) is 2.87. The van der Waals surface area contributed by atoms with E-state index < -0.39 is 6.04 Å².